The van der Waals surface area contributed by atoms with Crippen molar-refractivity contribution in [1.82, 2.24) is 4.90 Å². The number of nitrogens with zero attached hydrogens (tertiary/aromatic N) is 1. The minimum Gasteiger partial charge on any atom is -0.330 e. The third-order valence-corrected chi connectivity index (χ3v) is 4.99. The highest BCUT2D eigenvalue weighted by Crippen LogP contribution is 2.38. The fraction of sp³-hybridized carbons (Fsp3) is 0.625. The molecule has 0 spiro atoms. The Morgan fingerprint density at radius 2 is 2.11 bits per heavy atom. The van der Waals surface area contributed by atoms with Crippen molar-refractivity contribution in [3.63, 3.8) is 0 Å². The molecule has 1 aromatic rings. The van der Waals surface area contributed by atoms with Gasteiger partial charge in [0.05, 0.1) is 0 Å². The van der Waals surface area contributed by atoms with Crippen molar-refractivity contribution in [2.24, 2.45) is 17.6 Å². The monoisotopic (exact) mass is 244 g/mol. The minimum absolute atomic E-state index is 0.655. The molecule has 0 bridgehead atoms. The summed E-state index contributed by atoms with van der Waals surface area (Å²) in [4.78, 5) is 2.68. The van der Waals surface area contributed by atoms with Crippen LogP contribution in [0.4, 0.5) is 0 Å². The Morgan fingerprint density at radius 3 is 2.94 bits per heavy atom. The largest absolute Gasteiger partial charge is 0.330 e. The van der Waals surface area contributed by atoms with E-state index in [0.717, 1.165) is 12.5 Å². The van der Waals surface area contributed by atoms with Crippen LogP contribution in [0.1, 0.15) is 36.9 Å². The van der Waals surface area contributed by atoms with Gasteiger partial charge in [-0.3, -0.25) is 4.90 Å². The highest BCUT2D eigenvalue weighted by atomic mass is 15.2. The second kappa shape index (κ2) is 5.02. The summed E-state index contributed by atoms with van der Waals surface area (Å²) in [6, 6.07) is 9.62. The molecule has 3 unspecified atom stereocenters. The topological polar surface area (TPSA) is 29.3 Å². The van der Waals surface area contributed by atoms with E-state index in [2.05, 4.69) is 36.1 Å². The van der Waals surface area contributed by atoms with Crippen LogP contribution in [0.25, 0.3) is 0 Å². The first kappa shape index (κ1) is 12.2. The van der Waals surface area contributed by atoms with Crippen molar-refractivity contribution in [3.05, 3.63) is 35.4 Å². The molecule has 3 rings (SSSR count). The van der Waals surface area contributed by atoms with Crippen molar-refractivity contribution in [1.29, 1.82) is 0 Å². The summed E-state index contributed by atoms with van der Waals surface area (Å²) in [5.74, 6) is 1.48. The fourth-order valence-electron chi connectivity index (χ4n) is 3.68. The summed E-state index contributed by atoms with van der Waals surface area (Å²) in [6.45, 7) is 5.64. The van der Waals surface area contributed by atoms with Crippen LogP contribution < -0.4 is 5.73 Å². The molecule has 1 saturated heterocycles. The van der Waals surface area contributed by atoms with Gasteiger partial charge in [-0.05, 0) is 55.3 Å². The number of rotatable bonds is 2. The van der Waals surface area contributed by atoms with E-state index in [0.29, 0.717) is 12.0 Å². The van der Waals surface area contributed by atoms with E-state index in [1.807, 2.05) is 0 Å². The Bertz CT molecular complexity index is 415. The minimum atomic E-state index is 0.655. The van der Waals surface area contributed by atoms with E-state index < -0.39 is 0 Å². The third-order valence-electron chi connectivity index (χ3n) is 4.99. The highest BCUT2D eigenvalue weighted by Gasteiger charge is 2.33. The molecule has 98 valence electrons. The summed E-state index contributed by atoms with van der Waals surface area (Å²) in [7, 11) is 0. The summed E-state index contributed by atoms with van der Waals surface area (Å²) < 4.78 is 0. The summed E-state index contributed by atoms with van der Waals surface area (Å²) in [5, 5.41) is 0. The van der Waals surface area contributed by atoms with Gasteiger partial charge < -0.3 is 5.73 Å². The maximum Gasteiger partial charge on any atom is 0.0354 e. The fourth-order valence-corrected chi connectivity index (χ4v) is 3.68. The van der Waals surface area contributed by atoms with Crippen LogP contribution in [0.3, 0.4) is 0 Å². The number of piperidine rings is 1. The van der Waals surface area contributed by atoms with Gasteiger partial charge in [-0.1, -0.05) is 31.2 Å². The number of likely N-dealkylation sites (tertiary alicyclic amines) is 1. The standard InChI is InChI=1S/C16H24N2/c1-12-8-9-18(11-14(12)10-17)16-7-6-13-4-2-3-5-15(13)16/h2-5,12,14,16H,6-11,17H2,1H3. The molecule has 0 amide bonds. The van der Waals surface area contributed by atoms with Gasteiger partial charge in [0.2, 0.25) is 0 Å². The zero-order valence-electron chi connectivity index (χ0n) is 11.3. The lowest BCUT2D eigenvalue weighted by atomic mass is 9.86. The first-order valence-corrected chi connectivity index (χ1v) is 7.31. The molecule has 2 heteroatoms. The van der Waals surface area contributed by atoms with Crippen molar-refractivity contribution < 1.29 is 0 Å². The quantitative estimate of drug-likeness (QED) is 0.866. The Morgan fingerprint density at radius 1 is 1.28 bits per heavy atom. The van der Waals surface area contributed by atoms with Crippen molar-refractivity contribution in [2.75, 3.05) is 19.6 Å². The van der Waals surface area contributed by atoms with Gasteiger partial charge in [0.25, 0.3) is 0 Å². The second-order valence-corrected chi connectivity index (χ2v) is 6.01. The van der Waals surface area contributed by atoms with Gasteiger partial charge in [0.15, 0.2) is 0 Å². The zero-order valence-corrected chi connectivity index (χ0v) is 11.3. The predicted octanol–water partition coefficient (Wildman–Crippen LogP) is 2.59. The Labute approximate surface area is 110 Å². The number of nitrogens with two attached hydrogens (primary N) is 1. The molecule has 1 heterocycles. The van der Waals surface area contributed by atoms with Crippen LogP contribution >= 0.6 is 0 Å². The number of aryl methyl sites for hydroxylation is 1. The molecule has 0 radical (unpaired) electrons. The van der Waals surface area contributed by atoms with E-state index >= 15 is 0 Å². The van der Waals surface area contributed by atoms with Crippen molar-refractivity contribution >= 4 is 0 Å². The van der Waals surface area contributed by atoms with Gasteiger partial charge in [0, 0.05) is 12.6 Å². The molecule has 2 N–H and O–H groups in total. The molecule has 1 aromatic carbocycles. The number of fused-ring (bicyclic) bond motifs is 1. The van der Waals surface area contributed by atoms with E-state index in [-0.39, 0.29) is 0 Å². The molecule has 1 aliphatic heterocycles. The van der Waals surface area contributed by atoms with Gasteiger partial charge in [-0.15, -0.1) is 0 Å². The van der Waals surface area contributed by atoms with Crippen LogP contribution in [0.2, 0.25) is 0 Å². The smallest absolute Gasteiger partial charge is 0.0354 e. The van der Waals surface area contributed by atoms with Crippen LogP contribution in [0.15, 0.2) is 24.3 Å². The van der Waals surface area contributed by atoms with Crippen LogP contribution in [0, 0.1) is 11.8 Å². The van der Waals surface area contributed by atoms with E-state index in [1.54, 1.807) is 11.1 Å². The molecule has 2 aliphatic rings. The van der Waals surface area contributed by atoms with E-state index in [9.17, 15) is 0 Å². The Kier molecular flexibility index (Phi) is 3.40. The molecular weight excluding hydrogens is 220 g/mol. The lowest BCUT2D eigenvalue weighted by molar-refractivity contribution is 0.0909. The average Bonchev–Trinajstić information content (AvgIpc) is 2.83. The molecule has 0 saturated carbocycles. The molecule has 3 atom stereocenters. The van der Waals surface area contributed by atoms with Gasteiger partial charge in [-0.25, -0.2) is 0 Å². The Balaban J connectivity index is 1.77. The number of hydrogen-bond acceptors (Lipinski definition) is 2. The normalized spacial score (nSPS) is 32.4. The number of hydrogen-bond donors (Lipinski definition) is 1. The molecule has 1 fully saturated rings. The van der Waals surface area contributed by atoms with Gasteiger partial charge in [-0.2, -0.15) is 0 Å². The first-order chi connectivity index (χ1) is 8.79. The zero-order chi connectivity index (χ0) is 12.5. The summed E-state index contributed by atoms with van der Waals surface area (Å²) in [6.07, 6.45) is 3.85. The first-order valence-electron chi connectivity index (χ1n) is 7.31. The highest BCUT2D eigenvalue weighted by molar-refractivity contribution is 5.34. The molecule has 0 aromatic heterocycles. The van der Waals surface area contributed by atoms with E-state index in [4.69, 9.17) is 5.73 Å². The predicted molar refractivity (Wildman–Crippen MR) is 75.4 cm³/mol. The maximum atomic E-state index is 5.92. The summed E-state index contributed by atoms with van der Waals surface area (Å²) in [5.41, 5.74) is 9.06. The van der Waals surface area contributed by atoms with Crippen LogP contribution in [0.5, 0.6) is 0 Å². The summed E-state index contributed by atoms with van der Waals surface area (Å²) >= 11 is 0. The SMILES string of the molecule is CC1CCN(C2CCc3ccccc32)CC1CN. The number of benzene rings is 1. The Hall–Kier alpha value is -0.860. The molecule has 1 aliphatic carbocycles. The molecule has 18 heavy (non-hydrogen) atoms. The van der Waals surface area contributed by atoms with Crippen LogP contribution in [-0.4, -0.2) is 24.5 Å². The third kappa shape index (κ3) is 2.08. The van der Waals surface area contributed by atoms with Crippen LogP contribution in [-0.2, 0) is 6.42 Å². The average molecular weight is 244 g/mol. The lowest BCUT2D eigenvalue weighted by Crippen LogP contribution is -2.43. The lowest BCUT2D eigenvalue weighted by Gasteiger charge is -2.40. The van der Waals surface area contributed by atoms with Crippen molar-refractivity contribution in [3.8, 4) is 0 Å². The van der Waals surface area contributed by atoms with E-state index in [1.165, 1.54) is 32.4 Å². The van der Waals surface area contributed by atoms with Crippen molar-refractivity contribution in [2.45, 2.75) is 32.2 Å². The molecular formula is C16H24N2. The van der Waals surface area contributed by atoms with Gasteiger partial charge >= 0.3 is 0 Å². The second-order valence-electron chi connectivity index (χ2n) is 6.01. The maximum absolute atomic E-state index is 5.92. The van der Waals surface area contributed by atoms with Gasteiger partial charge in [0.1, 0.15) is 0 Å². The molecule has 2 nitrogen and oxygen atoms in total.